The summed E-state index contributed by atoms with van der Waals surface area (Å²) in [6.07, 6.45) is 0.261. The Morgan fingerprint density at radius 2 is 1.70 bits per heavy atom. The van der Waals surface area contributed by atoms with E-state index in [1.165, 1.54) is 10.4 Å². The van der Waals surface area contributed by atoms with Crippen LogP contribution in [0.2, 0.25) is 0 Å². The van der Waals surface area contributed by atoms with Crippen LogP contribution in [0, 0.1) is 0 Å². The Kier molecular flexibility index (Phi) is 6.78. The van der Waals surface area contributed by atoms with Gasteiger partial charge in [-0.05, 0) is 47.0 Å². The Balaban J connectivity index is 1.65. The number of sulfonamides is 1. The zero-order valence-corrected chi connectivity index (χ0v) is 20.2. The number of imide groups is 1. The summed E-state index contributed by atoms with van der Waals surface area (Å²) in [5.74, 6) is -0.583. The zero-order chi connectivity index (χ0) is 23.6. The lowest BCUT2D eigenvalue weighted by Crippen LogP contribution is -2.46. The lowest BCUT2D eigenvalue weighted by molar-refractivity contribution is -0.122. The van der Waals surface area contributed by atoms with Gasteiger partial charge < -0.3 is 0 Å². The highest BCUT2D eigenvalue weighted by atomic mass is 32.2. The number of carbonyl (C=O) groups is 2. The number of anilines is 1. The minimum Gasteiger partial charge on any atom is -0.274 e. The van der Waals surface area contributed by atoms with Gasteiger partial charge in [0.05, 0.1) is 12.1 Å². The van der Waals surface area contributed by atoms with Crippen molar-refractivity contribution in [2.24, 2.45) is 0 Å². The fourth-order valence-corrected chi connectivity index (χ4v) is 6.68. The Morgan fingerprint density at radius 1 is 1.00 bits per heavy atom. The van der Waals surface area contributed by atoms with Crippen LogP contribution in [0.15, 0.2) is 76.3 Å². The van der Waals surface area contributed by atoms with E-state index < -0.39 is 27.9 Å². The van der Waals surface area contributed by atoms with Crippen LogP contribution in [0.4, 0.5) is 5.69 Å². The van der Waals surface area contributed by atoms with Gasteiger partial charge in [0.2, 0.25) is 5.91 Å². The van der Waals surface area contributed by atoms with Crippen molar-refractivity contribution in [1.29, 1.82) is 0 Å². The molecule has 8 heteroatoms. The van der Waals surface area contributed by atoms with Crippen LogP contribution >= 0.6 is 11.3 Å². The second-order valence-corrected chi connectivity index (χ2v) is 11.4. The number of benzene rings is 2. The highest BCUT2D eigenvalue weighted by molar-refractivity contribution is 7.91. The molecule has 2 heterocycles. The average molecular weight is 483 g/mol. The topological polar surface area (TPSA) is 74.8 Å². The highest BCUT2D eigenvalue weighted by Crippen LogP contribution is 2.31. The van der Waals surface area contributed by atoms with Crippen LogP contribution in [0.1, 0.15) is 37.3 Å². The summed E-state index contributed by atoms with van der Waals surface area (Å²) in [6.45, 7) is 4.24. The van der Waals surface area contributed by atoms with Crippen LogP contribution in [0.25, 0.3) is 0 Å². The van der Waals surface area contributed by atoms with E-state index in [0.717, 1.165) is 27.4 Å². The van der Waals surface area contributed by atoms with Crippen molar-refractivity contribution >= 4 is 38.9 Å². The number of rotatable bonds is 8. The molecule has 0 bridgehead atoms. The normalized spacial score (nSPS) is 16.8. The molecule has 6 nitrogen and oxygen atoms in total. The molecule has 1 atom stereocenters. The van der Waals surface area contributed by atoms with Gasteiger partial charge in [-0.1, -0.05) is 62.4 Å². The van der Waals surface area contributed by atoms with Gasteiger partial charge >= 0.3 is 0 Å². The lowest BCUT2D eigenvalue weighted by atomic mass is 10.0. The van der Waals surface area contributed by atoms with E-state index in [1.54, 1.807) is 23.6 Å². The first-order valence-corrected chi connectivity index (χ1v) is 13.2. The molecule has 3 aromatic rings. The van der Waals surface area contributed by atoms with Gasteiger partial charge in [0.15, 0.2) is 0 Å². The molecule has 1 fully saturated rings. The molecule has 0 spiro atoms. The molecule has 1 saturated heterocycles. The Bertz CT molecular complexity index is 1220. The third-order valence-corrected chi connectivity index (χ3v) is 9.09. The maximum absolute atomic E-state index is 13.5. The molecular formula is C25H26N2O4S2. The SMILES string of the molecule is CC(C)c1ccc(N2C(=O)CC(N(CCc3ccccc3)S(=O)(=O)c3cccs3)C2=O)cc1. The van der Waals surface area contributed by atoms with Gasteiger partial charge in [0, 0.05) is 6.54 Å². The van der Waals surface area contributed by atoms with Gasteiger partial charge in [0.1, 0.15) is 10.3 Å². The Hall–Kier alpha value is -2.81. The second kappa shape index (κ2) is 9.59. The minimum atomic E-state index is -3.94. The number of nitrogens with zero attached hydrogens (tertiary/aromatic N) is 2. The molecule has 33 heavy (non-hydrogen) atoms. The Morgan fingerprint density at radius 3 is 2.30 bits per heavy atom. The summed E-state index contributed by atoms with van der Waals surface area (Å²) in [5, 5.41) is 1.69. The molecule has 172 valence electrons. The van der Waals surface area contributed by atoms with Crippen LogP contribution in [-0.4, -0.2) is 37.1 Å². The Labute approximate surface area is 198 Å². The number of amides is 2. The number of hydrogen-bond donors (Lipinski definition) is 0. The summed E-state index contributed by atoms with van der Waals surface area (Å²) in [5.41, 5.74) is 2.52. The molecule has 0 N–H and O–H groups in total. The van der Waals surface area contributed by atoms with Crippen LogP contribution in [0.3, 0.4) is 0 Å². The smallest absolute Gasteiger partial charge is 0.253 e. The molecular weight excluding hydrogens is 456 g/mol. The third-order valence-electron chi connectivity index (χ3n) is 5.81. The summed E-state index contributed by atoms with van der Waals surface area (Å²) in [4.78, 5) is 27.4. The first-order valence-electron chi connectivity index (χ1n) is 10.8. The number of carbonyl (C=O) groups excluding carboxylic acids is 2. The van der Waals surface area contributed by atoms with Crippen molar-refractivity contribution < 1.29 is 18.0 Å². The van der Waals surface area contributed by atoms with Crippen molar-refractivity contribution in [2.75, 3.05) is 11.4 Å². The zero-order valence-electron chi connectivity index (χ0n) is 18.5. The fourth-order valence-electron chi connectivity index (χ4n) is 3.97. The first kappa shape index (κ1) is 23.4. The summed E-state index contributed by atoms with van der Waals surface area (Å²) in [6, 6.07) is 18.9. The van der Waals surface area contributed by atoms with E-state index >= 15 is 0 Å². The van der Waals surface area contributed by atoms with Crippen molar-refractivity contribution in [3.8, 4) is 0 Å². The van der Waals surface area contributed by atoms with Crippen LogP contribution < -0.4 is 4.90 Å². The van der Waals surface area contributed by atoms with Crippen molar-refractivity contribution in [2.45, 2.75) is 42.9 Å². The molecule has 1 unspecified atom stereocenters. The molecule has 0 radical (unpaired) electrons. The molecule has 2 amide bonds. The largest absolute Gasteiger partial charge is 0.274 e. The predicted molar refractivity (Wildman–Crippen MR) is 130 cm³/mol. The van der Waals surface area contributed by atoms with Gasteiger partial charge in [-0.3, -0.25) is 9.59 Å². The van der Waals surface area contributed by atoms with Crippen molar-refractivity contribution in [3.63, 3.8) is 0 Å². The van der Waals surface area contributed by atoms with E-state index in [-0.39, 0.29) is 17.2 Å². The minimum absolute atomic E-state index is 0.105. The van der Waals surface area contributed by atoms with Gasteiger partial charge in [-0.25, -0.2) is 13.3 Å². The molecule has 1 aromatic heterocycles. The predicted octanol–water partition coefficient (Wildman–Crippen LogP) is 4.44. The lowest BCUT2D eigenvalue weighted by Gasteiger charge is -2.26. The summed E-state index contributed by atoms with van der Waals surface area (Å²) in [7, 11) is -3.94. The molecule has 1 aliphatic heterocycles. The summed E-state index contributed by atoms with van der Waals surface area (Å²) >= 11 is 1.10. The van der Waals surface area contributed by atoms with E-state index in [1.807, 2.05) is 42.5 Å². The molecule has 1 aliphatic rings. The quantitative estimate of drug-likeness (QED) is 0.445. The van der Waals surface area contributed by atoms with Crippen LogP contribution in [-0.2, 0) is 26.0 Å². The monoisotopic (exact) mass is 482 g/mol. The van der Waals surface area contributed by atoms with Gasteiger partial charge in [-0.15, -0.1) is 11.3 Å². The molecule has 0 saturated carbocycles. The molecule has 0 aliphatic carbocycles. The van der Waals surface area contributed by atoms with Crippen LogP contribution in [0.5, 0.6) is 0 Å². The number of hydrogen-bond acceptors (Lipinski definition) is 5. The highest BCUT2D eigenvalue weighted by Gasteiger charge is 2.47. The maximum atomic E-state index is 13.5. The number of thiophene rings is 1. The third kappa shape index (κ3) is 4.78. The fraction of sp³-hybridized carbons (Fsp3) is 0.280. The molecule has 2 aromatic carbocycles. The second-order valence-electron chi connectivity index (χ2n) is 8.32. The van der Waals surface area contributed by atoms with E-state index in [2.05, 4.69) is 13.8 Å². The van der Waals surface area contributed by atoms with Crippen molar-refractivity contribution in [3.05, 3.63) is 83.2 Å². The van der Waals surface area contributed by atoms with E-state index in [9.17, 15) is 18.0 Å². The van der Waals surface area contributed by atoms with E-state index in [0.29, 0.717) is 18.0 Å². The summed E-state index contributed by atoms with van der Waals surface area (Å²) < 4.78 is 28.3. The van der Waals surface area contributed by atoms with Gasteiger partial charge in [-0.2, -0.15) is 4.31 Å². The standard InChI is InChI=1S/C25H26N2O4S2/c1-18(2)20-10-12-21(13-11-20)27-23(28)17-22(25(27)29)26(15-14-19-7-4-3-5-8-19)33(30,31)24-9-6-16-32-24/h3-13,16,18,22H,14-15,17H2,1-2H3. The molecule has 4 rings (SSSR count). The van der Waals surface area contributed by atoms with E-state index in [4.69, 9.17) is 0 Å². The van der Waals surface area contributed by atoms with Gasteiger partial charge in [0.25, 0.3) is 15.9 Å². The average Bonchev–Trinajstić information content (AvgIpc) is 3.44. The first-order chi connectivity index (χ1) is 15.8. The van der Waals surface area contributed by atoms with Crippen molar-refractivity contribution in [1.82, 2.24) is 4.31 Å². The maximum Gasteiger partial charge on any atom is 0.253 e.